The molecule has 1 aliphatic heterocycles. The van der Waals surface area contributed by atoms with Gasteiger partial charge in [0.25, 0.3) is 5.91 Å². The molecule has 0 aliphatic carbocycles. The number of hydrogen-bond donors (Lipinski definition) is 1. The minimum absolute atomic E-state index is 0.215. The molecule has 3 heterocycles. The van der Waals surface area contributed by atoms with Gasteiger partial charge in [-0.15, -0.1) is 0 Å². The van der Waals surface area contributed by atoms with Crippen LogP contribution >= 0.6 is 0 Å². The number of aromatic nitrogens is 4. The van der Waals surface area contributed by atoms with Crippen molar-refractivity contribution in [3.8, 4) is 5.75 Å². The smallest absolute Gasteiger partial charge is 0.259 e. The number of benzene rings is 1. The normalized spacial score (nSPS) is 15.9. The van der Waals surface area contributed by atoms with Crippen molar-refractivity contribution in [2.75, 3.05) is 30.4 Å². The van der Waals surface area contributed by atoms with Crippen LogP contribution in [0.2, 0.25) is 0 Å². The molecule has 0 radical (unpaired) electrons. The lowest BCUT2D eigenvalue weighted by Gasteiger charge is -2.17. The fourth-order valence-electron chi connectivity index (χ4n) is 3.44. The zero-order chi connectivity index (χ0) is 20.2. The van der Waals surface area contributed by atoms with Crippen LogP contribution < -0.4 is 15.0 Å². The van der Waals surface area contributed by atoms with Crippen LogP contribution in [0.4, 0.5) is 11.4 Å². The summed E-state index contributed by atoms with van der Waals surface area (Å²) >= 11 is 0. The van der Waals surface area contributed by atoms with E-state index in [2.05, 4.69) is 30.2 Å². The molecule has 0 spiro atoms. The van der Waals surface area contributed by atoms with Gasteiger partial charge in [0.1, 0.15) is 17.9 Å². The predicted molar refractivity (Wildman–Crippen MR) is 109 cm³/mol. The van der Waals surface area contributed by atoms with Crippen molar-refractivity contribution in [1.82, 2.24) is 19.9 Å². The largest absolute Gasteiger partial charge is 0.497 e. The van der Waals surface area contributed by atoms with Gasteiger partial charge in [0.2, 0.25) is 0 Å². The topological polar surface area (TPSA) is 93.1 Å². The summed E-state index contributed by atoms with van der Waals surface area (Å²) in [5.41, 5.74) is 2.83. The van der Waals surface area contributed by atoms with Crippen molar-refractivity contribution in [3.05, 3.63) is 66.3 Å². The van der Waals surface area contributed by atoms with Crippen LogP contribution in [-0.4, -0.2) is 46.0 Å². The molecule has 1 N–H and O–H groups in total. The number of nitrogens with one attached hydrogen (secondary N) is 1. The highest BCUT2D eigenvalue weighted by atomic mass is 16.5. The predicted octanol–water partition coefficient (Wildman–Crippen LogP) is 2.83. The molecule has 29 heavy (non-hydrogen) atoms. The highest BCUT2D eigenvalue weighted by Gasteiger charge is 2.27. The first-order chi connectivity index (χ1) is 14.1. The Bertz CT molecular complexity index is 994. The fraction of sp³-hybridized carbons (Fsp3) is 0.286. The number of methoxy groups -OCH3 is 1. The second-order valence-electron chi connectivity index (χ2n) is 6.94. The van der Waals surface area contributed by atoms with Crippen molar-refractivity contribution in [2.45, 2.75) is 19.3 Å². The average molecular weight is 390 g/mol. The molecule has 1 unspecified atom stereocenters. The van der Waals surface area contributed by atoms with E-state index in [0.717, 1.165) is 36.8 Å². The Morgan fingerprint density at radius 1 is 1.17 bits per heavy atom. The van der Waals surface area contributed by atoms with E-state index in [1.807, 2.05) is 19.3 Å². The van der Waals surface area contributed by atoms with E-state index in [4.69, 9.17) is 4.74 Å². The summed E-state index contributed by atoms with van der Waals surface area (Å²) in [7, 11) is 1.60. The van der Waals surface area contributed by atoms with Crippen LogP contribution in [0.3, 0.4) is 0 Å². The molecule has 2 aromatic heterocycles. The van der Waals surface area contributed by atoms with Gasteiger partial charge in [-0.3, -0.25) is 4.79 Å². The molecule has 148 valence electrons. The van der Waals surface area contributed by atoms with Gasteiger partial charge in [-0.1, -0.05) is 0 Å². The van der Waals surface area contributed by atoms with Crippen molar-refractivity contribution in [3.63, 3.8) is 0 Å². The van der Waals surface area contributed by atoms with E-state index >= 15 is 0 Å². The first-order valence-electron chi connectivity index (χ1n) is 9.43. The SMILES string of the molecule is COc1ccc(NC(=O)c2cnc(C3CCN(c4cncnc4)C3)nc2C)cc1. The number of carbonyl (C=O) groups excluding carboxylic acids is 1. The Labute approximate surface area is 169 Å². The van der Waals surface area contributed by atoms with Crippen LogP contribution in [0.1, 0.15) is 34.2 Å². The molecule has 0 bridgehead atoms. The van der Waals surface area contributed by atoms with Crippen LogP contribution in [0.5, 0.6) is 5.75 Å². The minimum atomic E-state index is -0.228. The van der Waals surface area contributed by atoms with Gasteiger partial charge >= 0.3 is 0 Å². The van der Waals surface area contributed by atoms with E-state index in [1.54, 1.807) is 37.6 Å². The highest BCUT2D eigenvalue weighted by Crippen LogP contribution is 2.28. The zero-order valence-electron chi connectivity index (χ0n) is 16.4. The molecule has 4 rings (SSSR count). The monoisotopic (exact) mass is 390 g/mol. The Balaban J connectivity index is 1.44. The summed E-state index contributed by atoms with van der Waals surface area (Å²) in [4.78, 5) is 32.1. The van der Waals surface area contributed by atoms with E-state index < -0.39 is 0 Å². The quantitative estimate of drug-likeness (QED) is 0.716. The summed E-state index contributed by atoms with van der Waals surface area (Å²) in [6.07, 6.45) is 7.72. The number of anilines is 2. The minimum Gasteiger partial charge on any atom is -0.497 e. The maximum Gasteiger partial charge on any atom is 0.259 e. The molecule has 1 fully saturated rings. The lowest BCUT2D eigenvalue weighted by atomic mass is 10.1. The van der Waals surface area contributed by atoms with Crippen molar-refractivity contribution >= 4 is 17.3 Å². The summed E-state index contributed by atoms with van der Waals surface area (Å²) in [6.45, 7) is 3.55. The number of aryl methyl sites for hydroxylation is 1. The van der Waals surface area contributed by atoms with Crippen LogP contribution in [0.15, 0.2) is 49.2 Å². The maximum atomic E-state index is 12.6. The number of carbonyl (C=O) groups is 1. The Morgan fingerprint density at radius 2 is 1.93 bits per heavy atom. The van der Waals surface area contributed by atoms with Gasteiger partial charge in [0.15, 0.2) is 0 Å². The standard InChI is InChI=1S/C21H22N6O2/c1-14-19(21(28)26-16-3-5-18(29-2)6-4-16)11-24-20(25-14)15-7-8-27(12-15)17-9-22-13-23-10-17/h3-6,9-11,13,15H,7-8,12H2,1-2H3,(H,26,28). The second kappa shape index (κ2) is 8.22. The third-order valence-electron chi connectivity index (χ3n) is 5.06. The summed E-state index contributed by atoms with van der Waals surface area (Å²) < 4.78 is 5.13. The molecule has 8 heteroatoms. The molecular weight excluding hydrogens is 368 g/mol. The molecule has 8 nitrogen and oxygen atoms in total. The molecule has 1 aliphatic rings. The summed E-state index contributed by atoms with van der Waals surface area (Å²) in [5, 5.41) is 2.87. The molecule has 1 aromatic carbocycles. The number of nitrogens with zero attached hydrogens (tertiary/aromatic N) is 5. The maximum absolute atomic E-state index is 12.6. The van der Waals surface area contributed by atoms with Gasteiger partial charge in [-0.2, -0.15) is 0 Å². The molecule has 0 saturated carbocycles. The van der Waals surface area contributed by atoms with E-state index in [9.17, 15) is 4.79 Å². The van der Waals surface area contributed by atoms with Gasteiger partial charge in [-0.05, 0) is 37.6 Å². The summed E-state index contributed by atoms with van der Waals surface area (Å²) in [6, 6.07) is 7.18. The first-order valence-corrected chi connectivity index (χ1v) is 9.43. The molecule has 3 aromatic rings. The summed E-state index contributed by atoms with van der Waals surface area (Å²) in [5.74, 6) is 1.49. The zero-order valence-corrected chi connectivity index (χ0v) is 16.4. The van der Waals surface area contributed by atoms with Gasteiger partial charge in [0.05, 0.1) is 36.4 Å². The number of rotatable bonds is 5. The number of amides is 1. The van der Waals surface area contributed by atoms with Crippen LogP contribution in [0.25, 0.3) is 0 Å². The van der Waals surface area contributed by atoms with E-state index in [1.165, 1.54) is 6.33 Å². The Hall–Kier alpha value is -3.55. The lowest BCUT2D eigenvalue weighted by molar-refractivity contribution is 0.102. The third kappa shape index (κ3) is 4.16. The van der Waals surface area contributed by atoms with E-state index in [0.29, 0.717) is 16.9 Å². The number of ether oxygens (including phenoxy) is 1. The van der Waals surface area contributed by atoms with E-state index in [-0.39, 0.29) is 11.8 Å². The van der Waals surface area contributed by atoms with Crippen molar-refractivity contribution in [2.24, 2.45) is 0 Å². The number of hydrogen-bond acceptors (Lipinski definition) is 7. The van der Waals surface area contributed by atoms with Gasteiger partial charge < -0.3 is 15.0 Å². The van der Waals surface area contributed by atoms with Crippen LogP contribution in [-0.2, 0) is 0 Å². The lowest BCUT2D eigenvalue weighted by Crippen LogP contribution is -2.20. The first kappa shape index (κ1) is 18.8. The van der Waals surface area contributed by atoms with Gasteiger partial charge in [-0.25, -0.2) is 19.9 Å². The third-order valence-corrected chi connectivity index (χ3v) is 5.06. The van der Waals surface area contributed by atoms with Crippen LogP contribution in [0, 0.1) is 6.92 Å². The average Bonchev–Trinajstić information content (AvgIpc) is 3.25. The molecular formula is C21H22N6O2. The Morgan fingerprint density at radius 3 is 2.62 bits per heavy atom. The molecule has 1 amide bonds. The molecule has 1 atom stereocenters. The van der Waals surface area contributed by atoms with Crippen molar-refractivity contribution < 1.29 is 9.53 Å². The second-order valence-corrected chi connectivity index (χ2v) is 6.94. The fourth-order valence-corrected chi connectivity index (χ4v) is 3.44. The van der Waals surface area contributed by atoms with Gasteiger partial charge in [0, 0.05) is 30.9 Å². The highest BCUT2D eigenvalue weighted by molar-refractivity contribution is 6.04. The van der Waals surface area contributed by atoms with Crippen molar-refractivity contribution in [1.29, 1.82) is 0 Å². The Kier molecular flexibility index (Phi) is 5.33. The molecule has 1 saturated heterocycles.